The first kappa shape index (κ1) is 20.8. The number of aryl methyl sites for hydroxylation is 1. The molecule has 0 aliphatic heterocycles. The number of halogens is 2. The minimum absolute atomic E-state index is 0.318. The van der Waals surface area contributed by atoms with Crippen LogP contribution in [0.1, 0.15) is 31.6 Å². The fourth-order valence-corrected chi connectivity index (χ4v) is 4.74. The first-order valence-corrected chi connectivity index (χ1v) is 10.4. The van der Waals surface area contributed by atoms with E-state index in [4.69, 9.17) is 23.2 Å². The van der Waals surface area contributed by atoms with Gasteiger partial charge in [0.05, 0.1) is 22.6 Å². The molecule has 148 valence electrons. The van der Waals surface area contributed by atoms with Crippen molar-refractivity contribution in [1.82, 2.24) is 4.98 Å². The molecule has 2 N–H and O–H groups in total. The standard InChI is InChI=1S/C20H20Cl2N2O3S/c1-9-6-14(15(19(26)27)7-10(9)2)18(25)24-20-23-17(11(3)28-20)13-5-4-12(21)8-16(13)22/h4-5,8,14-15H,6-7H2,1-3H3,(H,26,27)(H,23,24,25)/t14-,15-/m1/s1. The predicted octanol–water partition coefficient (Wildman–Crippen LogP) is 5.81. The van der Waals surface area contributed by atoms with Crippen molar-refractivity contribution in [1.29, 1.82) is 0 Å². The second kappa shape index (κ2) is 8.23. The van der Waals surface area contributed by atoms with Gasteiger partial charge in [-0.25, -0.2) is 4.98 Å². The Labute approximate surface area is 177 Å². The Hall–Kier alpha value is -1.89. The van der Waals surface area contributed by atoms with Crippen LogP contribution in [0.2, 0.25) is 10.0 Å². The zero-order valence-electron chi connectivity index (χ0n) is 15.7. The maximum atomic E-state index is 12.8. The van der Waals surface area contributed by atoms with Gasteiger partial charge in [0.15, 0.2) is 5.13 Å². The topological polar surface area (TPSA) is 79.3 Å². The summed E-state index contributed by atoms with van der Waals surface area (Å²) in [5, 5.41) is 13.8. The van der Waals surface area contributed by atoms with Crippen LogP contribution in [0.25, 0.3) is 11.3 Å². The Balaban J connectivity index is 1.84. The molecular weight excluding hydrogens is 419 g/mol. The molecule has 1 amide bonds. The lowest BCUT2D eigenvalue weighted by Gasteiger charge is -2.29. The number of anilines is 1. The zero-order valence-corrected chi connectivity index (χ0v) is 18.0. The first-order valence-electron chi connectivity index (χ1n) is 8.79. The molecule has 28 heavy (non-hydrogen) atoms. The van der Waals surface area contributed by atoms with E-state index in [9.17, 15) is 14.7 Å². The number of hydrogen-bond donors (Lipinski definition) is 2. The van der Waals surface area contributed by atoms with E-state index in [1.807, 2.05) is 20.8 Å². The number of nitrogens with zero attached hydrogens (tertiary/aromatic N) is 1. The Bertz CT molecular complexity index is 984. The van der Waals surface area contributed by atoms with Gasteiger partial charge in [0.2, 0.25) is 5.91 Å². The molecule has 1 aliphatic carbocycles. The van der Waals surface area contributed by atoms with Crippen molar-refractivity contribution < 1.29 is 14.7 Å². The van der Waals surface area contributed by atoms with Crippen LogP contribution in [0.5, 0.6) is 0 Å². The third kappa shape index (κ3) is 4.24. The van der Waals surface area contributed by atoms with E-state index in [0.717, 1.165) is 21.6 Å². The van der Waals surface area contributed by atoms with Crippen LogP contribution >= 0.6 is 34.5 Å². The van der Waals surface area contributed by atoms with Gasteiger partial charge >= 0.3 is 5.97 Å². The number of carboxylic acid groups (broad SMARTS) is 1. The van der Waals surface area contributed by atoms with Crippen molar-refractivity contribution >= 4 is 51.5 Å². The highest BCUT2D eigenvalue weighted by atomic mass is 35.5. The minimum Gasteiger partial charge on any atom is -0.481 e. The molecule has 0 saturated carbocycles. The Kier molecular flexibility index (Phi) is 6.12. The molecule has 0 saturated heterocycles. The summed E-state index contributed by atoms with van der Waals surface area (Å²) in [6.45, 7) is 5.76. The molecule has 8 heteroatoms. The van der Waals surface area contributed by atoms with Crippen molar-refractivity contribution in [3.63, 3.8) is 0 Å². The molecule has 1 aliphatic rings. The Morgan fingerprint density at radius 1 is 1.14 bits per heavy atom. The van der Waals surface area contributed by atoms with Crippen molar-refractivity contribution in [2.45, 2.75) is 33.6 Å². The molecule has 0 spiro atoms. The molecule has 1 aromatic heterocycles. The summed E-state index contributed by atoms with van der Waals surface area (Å²) in [6, 6.07) is 5.17. The average molecular weight is 439 g/mol. The van der Waals surface area contributed by atoms with Crippen molar-refractivity contribution in [2.24, 2.45) is 11.8 Å². The molecule has 0 fully saturated rings. The molecule has 2 atom stereocenters. The summed E-state index contributed by atoms with van der Waals surface area (Å²) in [6.07, 6.45) is 0.830. The number of carbonyl (C=O) groups excluding carboxylic acids is 1. The minimum atomic E-state index is -0.948. The van der Waals surface area contributed by atoms with Crippen LogP contribution in [0.4, 0.5) is 5.13 Å². The number of thiazole rings is 1. The number of amides is 1. The highest BCUT2D eigenvalue weighted by molar-refractivity contribution is 7.16. The molecule has 1 aromatic carbocycles. The van der Waals surface area contributed by atoms with Gasteiger partial charge in [-0.05, 0) is 51.8 Å². The van der Waals surface area contributed by atoms with Gasteiger partial charge in [0.1, 0.15) is 0 Å². The van der Waals surface area contributed by atoms with Gasteiger partial charge in [-0.3, -0.25) is 9.59 Å². The number of aromatic nitrogens is 1. The van der Waals surface area contributed by atoms with Gasteiger partial charge in [-0.2, -0.15) is 0 Å². The number of nitrogens with one attached hydrogen (secondary N) is 1. The van der Waals surface area contributed by atoms with Crippen LogP contribution in [-0.4, -0.2) is 22.0 Å². The van der Waals surface area contributed by atoms with Gasteiger partial charge in [-0.15, -0.1) is 11.3 Å². The predicted molar refractivity (Wildman–Crippen MR) is 113 cm³/mol. The lowest BCUT2D eigenvalue weighted by molar-refractivity contribution is -0.146. The van der Waals surface area contributed by atoms with Gasteiger partial charge in [0.25, 0.3) is 0 Å². The monoisotopic (exact) mass is 438 g/mol. The third-order valence-corrected chi connectivity index (χ3v) is 6.57. The van der Waals surface area contributed by atoms with Gasteiger partial charge in [-0.1, -0.05) is 34.3 Å². The van der Waals surface area contributed by atoms with Crippen LogP contribution in [0.3, 0.4) is 0 Å². The normalized spacial score (nSPS) is 19.6. The number of carbonyl (C=O) groups is 2. The average Bonchev–Trinajstić information content (AvgIpc) is 2.96. The zero-order chi connectivity index (χ0) is 20.6. The number of allylic oxidation sites excluding steroid dienone is 2. The summed E-state index contributed by atoms with van der Waals surface area (Å²) >= 11 is 13.6. The number of hydrogen-bond acceptors (Lipinski definition) is 4. The third-order valence-electron chi connectivity index (χ3n) is 5.13. The van der Waals surface area contributed by atoms with Gasteiger partial charge < -0.3 is 10.4 Å². The molecule has 0 radical (unpaired) electrons. The largest absolute Gasteiger partial charge is 0.481 e. The van der Waals surface area contributed by atoms with Crippen molar-refractivity contribution in [3.05, 3.63) is 44.3 Å². The summed E-state index contributed by atoms with van der Waals surface area (Å²) < 4.78 is 0. The summed E-state index contributed by atoms with van der Waals surface area (Å²) in [5.41, 5.74) is 3.52. The van der Waals surface area contributed by atoms with Crippen molar-refractivity contribution in [3.8, 4) is 11.3 Å². The van der Waals surface area contributed by atoms with Gasteiger partial charge in [0, 0.05) is 15.5 Å². The fraction of sp³-hybridized carbons (Fsp3) is 0.350. The number of aliphatic carboxylic acids is 1. The van der Waals surface area contributed by atoms with Crippen LogP contribution in [0, 0.1) is 18.8 Å². The van der Waals surface area contributed by atoms with E-state index < -0.39 is 17.8 Å². The summed E-state index contributed by atoms with van der Waals surface area (Å²) in [5.74, 6) is -2.61. The smallest absolute Gasteiger partial charge is 0.307 e. The molecule has 0 bridgehead atoms. The lowest BCUT2D eigenvalue weighted by atomic mass is 9.76. The van der Waals surface area contributed by atoms with E-state index in [-0.39, 0.29) is 5.91 Å². The fourth-order valence-electron chi connectivity index (χ4n) is 3.41. The SMILES string of the molecule is CC1=C(C)C[C@@H](C(=O)Nc2nc(-c3ccc(Cl)cc3Cl)c(C)s2)[C@H](C(=O)O)C1. The van der Waals surface area contributed by atoms with Crippen LogP contribution < -0.4 is 5.32 Å². The van der Waals surface area contributed by atoms with E-state index in [0.29, 0.717) is 33.7 Å². The second-order valence-electron chi connectivity index (χ2n) is 7.06. The summed E-state index contributed by atoms with van der Waals surface area (Å²) in [7, 11) is 0. The first-order chi connectivity index (χ1) is 13.2. The maximum absolute atomic E-state index is 12.8. The van der Waals surface area contributed by atoms with Crippen LogP contribution in [-0.2, 0) is 9.59 Å². The van der Waals surface area contributed by atoms with Crippen LogP contribution in [0.15, 0.2) is 29.3 Å². The molecular formula is C20H20Cl2N2O3S. The number of benzene rings is 1. The maximum Gasteiger partial charge on any atom is 0.307 e. The van der Waals surface area contributed by atoms with E-state index >= 15 is 0 Å². The molecule has 3 rings (SSSR count). The van der Waals surface area contributed by atoms with E-state index in [2.05, 4.69) is 10.3 Å². The molecule has 2 aromatic rings. The molecule has 1 heterocycles. The number of rotatable bonds is 4. The highest BCUT2D eigenvalue weighted by Crippen LogP contribution is 2.38. The molecule has 5 nitrogen and oxygen atoms in total. The quantitative estimate of drug-likeness (QED) is 0.589. The lowest BCUT2D eigenvalue weighted by Crippen LogP contribution is -2.36. The Morgan fingerprint density at radius 3 is 2.39 bits per heavy atom. The number of carboxylic acids is 1. The molecule has 0 unspecified atom stereocenters. The Morgan fingerprint density at radius 2 is 1.79 bits per heavy atom. The highest BCUT2D eigenvalue weighted by Gasteiger charge is 2.37. The summed E-state index contributed by atoms with van der Waals surface area (Å²) in [4.78, 5) is 29.9. The second-order valence-corrected chi connectivity index (χ2v) is 9.10. The van der Waals surface area contributed by atoms with E-state index in [1.165, 1.54) is 11.3 Å². The van der Waals surface area contributed by atoms with E-state index in [1.54, 1.807) is 18.2 Å². The van der Waals surface area contributed by atoms with Crippen molar-refractivity contribution in [2.75, 3.05) is 5.32 Å².